The molecule has 3 rings (SSSR count). The molecule has 1 aromatic carbocycles. The molecule has 0 unspecified atom stereocenters. The van der Waals surface area contributed by atoms with Gasteiger partial charge in [-0.15, -0.1) is 0 Å². The second-order valence-electron chi connectivity index (χ2n) is 5.45. The molecule has 0 saturated heterocycles. The molecule has 2 aromatic rings. The third kappa shape index (κ3) is 3.73. The van der Waals surface area contributed by atoms with Crippen LogP contribution in [0.3, 0.4) is 0 Å². The third-order valence-corrected chi connectivity index (χ3v) is 4.41. The van der Waals surface area contributed by atoms with Gasteiger partial charge in [0.15, 0.2) is 0 Å². The fourth-order valence-corrected chi connectivity index (χ4v) is 2.85. The van der Waals surface area contributed by atoms with E-state index < -0.39 is 0 Å². The number of carbonyl (C=O) groups is 1. The molecule has 0 aliphatic heterocycles. The largest absolute Gasteiger partial charge is 0.356 e. The second-order valence-corrected chi connectivity index (χ2v) is 6.36. The molecule has 0 spiro atoms. The van der Waals surface area contributed by atoms with Gasteiger partial charge >= 0.3 is 0 Å². The van der Waals surface area contributed by atoms with Crippen molar-refractivity contribution >= 4 is 21.8 Å². The summed E-state index contributed by atoms with van der Waals surface area (Å²) in [5, 5.41) is 3.04. The van der Waals surface area contributed by atoms with Crippen LogP contribution in [0.2, 0.25) is 0 Å². The van der Waals surface area contributed by atoms with E-state index in [9.17, 15) is 4.79 Å². The maximum atomic E-state index is 12.1. The summed E-state index contributed by atoms with van der Waals surface area (Å²) in [4.78, 5) is 16.1. The van der Waals surface area contributed by atoms with E-state index in [4.69, 9.17) is 0 Å². The molecule has 1 heterocycles. The van der Waals surface area contributed by atoms with Crippen molar-refractivity contribution in [2.24, 2.45) is 5.92 Å². The number of nitrogens with zero attached hydrogens (tertiary/aromatic N) is 2. The minimum Gasteiger partial charge on any atom is -0.356 e. The molecule has 110 valence electrons. The molecule has 4 nitrogen and oxygen atoms in total. The van der Waals surface area contributed by atoms with Crippen molar-refractivity contribution in [3.05, 3.63) is 53.0 Å². The summed E-state index contributed by atoms with van der Waals surface area (Å²) >= 11 is 3.43. The maximum Gasteiger partial charge on any atom is 0.223 e. The molecule has 0 bridgehead atoms. The van der Waals surface area contributed by atoms with Crippen LogP contribution in [0.4, 0.5) is 0 Å². The highest BCUT2D eigenvalue weighted by atomic mass is 79.9. The monoisotopic (exact) mass is 347 g/mol. The van der Waals surface area contributed by atoms with Crippen LogP contribution in [-0.2, 0) is 11.3 Å². The van der Waals surface area contributed by atoms with Gasteiger partial charge in [0.1, 0.15) is 0 Å². The first-order chi connectivity index (χ1) is 10.2. The van der Waals surface area contributed by atoms with E-state index in [1.165, 1.54) is 5.56 Å². The summed E-state index contributed by atoms with van der Waals surface area (Å²) in [7, 11) is 0. The van der Waals surface area contributed by atoms with Crippen molar-refractivity contribution in [1.29, 1.82) is 0 Å². The average Bonchev–Trinajstić information content (AvgIpc) is 3.12. The molecular formula is C16H18BrN3O. The van der Waals surface area contributed by atoms with Gasteiger partial charge < -0.3 is 9.88 Å². The van der Waals surface area contributed by atoms with Crippen molar-refractivity contribution < 1.29 is 4.79 Å². The van der Waals surface area contributed by atoms with E-state index in [1.54, 1.807) is 12.5 Å². The molecule has 1 N–H and O–H groups in total. The fraction of sp³-hybridized carbons (Fsp3) is 0.375. The number of aryl methyl sites for hydroxylation is 1. The van der Waals surface area contributed by atoms with Crippen LogP contribution in [0.25, 0.3) is 0 Å². The number of aromatic nitrogens is 2. The molecule has 1 saturated carbocycles. The summed E-state index contributed by atoms with van der Waals surface area (Å²) in [5.41, 5.74) is 1.26. The molecule has 1 aliphatic carbocycles. The van der Waals surface area contributed by atoms with Crippen molar-refractivity contribution in [1.82, 2.24) is 14.9 Å². The average molecular weight is 348 g/mol. The Bertz CT molecular complexity index is 594. The number of amides is 1. The van der Waals surface area contributed by atoms with Crippen LogP contribution in [0, 0.1) is 5.92 Å². The van der Waals surface area contributed by atoms with Crippen molar-refractivity contribution in [2.75, 3.05) is 6.54 Å². The predicted molar refractivity (Wildman–Crippen MR) is 84.8 cm³/mol. The van der Waals surface area contributed by atoms with Crippen LogP contribution in [0.15, 0.2) is 47.5 Å². The Morgan fingerprint density at radius 1 is 1.38 bits per heavy atom. The number of benzene rings is 1. The van der Waals surface area contributed by atoms with Gasteiger partial charge in [-0.2, -0.15) is 0 Å². The van der Waals surface area contributed by atoms with Gasteiger partial charge in [0.2, 0.25) is 5.91 Å². The van der Waals surface area contributed by atoms with Gasteiger partial charge in [-0.1, -0.05) is 28.1 Å². The van der Waals surface area contributed by atoms with E-state index >= 15 is 0 Å². The minimum atomic E-state index is 0.152. The third-order valence-electron chi connectivity index (χ3n) is 3.88. The van der Waals surface area contributed by atoms with E-state index in [0.717, 1.165) is 30.4 Å². The minimum absolute atomic E-state index is 0.152. The lowest BCUT2D eigenvalue weighted by Gasteiger charge is -2.06. The normalized spacial score (nSPS) is 20.2. The molecular weight excluding hydrogens is 330 g/mol. The number of imidazole rings is 1. The van der Waals surface area contributed by atoms with Crippen LogP contribution in [0.5, 0.6) is 0 Å². The first-order valence-electron chi connectivity index (χ1n) is 7.23. The highest BCUT2D eigenvalue weighted by Gasteiger charge is 2.43. The lowest BCUT2D eigenvalue weighted by Crippen LogP contribution is -2.27. The Morgan fingerprint density at radius 3 is 2.90 bits per heavy atom. The molecule has 2 atom stereocenters. The van der Waals surface area contributed by atoms with Gasteiger partial charge in [-0.3, -0.25) is 4.79 Å². The first-order valence-corrected chi connectivity index (χ1v) is 8.02. The van der Waals surface area contributed by atoms with Crippen LogP contribution in [0.1, 0.15) is 24.3 Å². The Hall–Kier alpha value is -1.62. The van der Waals surface area contributed by atoms with Gasteiger partial charge in [0, 0.05) is 35.9 Å². The highest BCUT2D eigenvalue weighted by Crippen LogP contribution is 2.47. The number of hydrogen-bond donors (Lipinski definition) is 1. The SMILES string of the molecule is O=C(NCCCn1ccnc1)[C@H]1C[C@H]1c1ccc(Br)cc1. The smallest absolute Gasteiger partial charge is 0.223 e. The van der Waals surface area contributed by atoms with Crippen molar-refractivity contribution in [2.45, 2.75) is 25.3 Å². The topological polar surface area (TPSA) is 46.9 Å². The Balaban J connectivity index is 1.40. The zero-order valence-corrected chi connectivity index (χ0v) is 13.3. The number of nitrogens with one attached hydrogen (secondary N) is 1. The van der Waals surface area contributed by atoms with Gasteiger partial charge in [0.05, 0.1) is 6.33 Å². The quantitative estimate of drug-likeness (QED) is 0.816. The van der Waals surface area contributed by atoms with Gasteiger partial charge in [-0.05, 0) is 36.5 Å². The van der Waals surface area contributed by atoms with E-state index in [1.807, 2.05) is 22.9 Å². The van der Waals surface area contributed by atoms with Crippen LogP contribution >= 0.6 is 15.9 Å². The lowest BCUT2D eigenvalue weighted by molar-refractivity contribution is -0.122. The van der Waals surface area contributed by atoms with Crippen LogP contribution in [-0.4, -0.2) is 22.0 Å². The molecule has 1 aromatic heterocycles. The lowest BCUT2D eigenvalue weighted by atomic mass is 10.1. The molecule has 1 amide bonds. The fourth-order valence-electron chi connectivity index (χ4n) is 2.59. The number of carbonyl (C=O) groups excluding carboxylic acids is 1. The maximum absolute atomic E-state index is 12.1. The first kappa shape index (κ1) is 14.3. The van der Waals surface area contributed by atoms with E-state index in [2.05, 4.69) is 38.4 Å². The van der Waals surface area contributed by atoms with Gasteiger partial charge in [0.25, 0.3) is 0 Å². The zero-order valence-electron chi connectivity index (χ0n) is 11.7. The van der Waals surface area contributed by atoms with Crippen molar-refractivity contribution in [3.63, 3.8) is 0 Å². The summed E-state index contributed by atoms with van der Waals surface area (Å²) in [6.07, 6.45) is 7.40. The summed E-state index contributed by atoms with van der Waals surface area (Å²) < 4.78 is 3.10. The van der Waals surface area contributed by atoms with Gasteiger partial charge in [-0.25, -0.2) is 4.98 Å². The Labute approximate surface area is 132 Å². The number of hydrogen-bond acceptors (Lipinski definition) is 2. The van der Waals surface area contributed by atoms with Crippen molar-refractivity contribution in [3.8, 4) is 0 Å². The number of halogens is 1. The second kappa shape index (κ2) is 6.43. The molecule has 1 aliphatic rings. The molecule has 1 fully saturated rings. The number of rotatable bonds is 6. The molecule has 0 radical (unpaired) electrons. The Kier molecular flexibility index (Phi) is 4.39. The molecule has 5 heteroatoms. The highest BCUT2D eigenvalue weighted by molar-refractivity contribution is 9.10. The predicted octanol–water partition coefficient (Wildman–Crippen LogP) is 2.96. The van der Waals surface area contributed by atoms with Crippen LogP contribution < -0.4 is 5.32 Å². The van der Waals surface area contributed by atoms with E-state index in [0.29, 0.717) is 5.92 Å². The molecule has 21 heavy (non-hydrogen) atoms. The zero-order chi connectivity index (χ0) is 14.7. The summed E-state index contributed by atoms with van der Waals surface area (Å²) in [6, 6.07) is 8.27. The van der Waals surface area contributed by atoms with E-state index in [-0.39, 0.29) is 11.8 Å². The standard InChI is InChI=1S/C16H18BrN3O/c17-13-4-2-12(3-5-13)14-10-15(14)16(21)19-6-1-8-20-9-7-18-11-20/h2-5,7,9,11,14-15H,1,6,8,10H2,(H,19,21)/t14-,15-/m0/s1. The summed E-state index contributed by atoms with van der Waals surface area (Å²) in [5.74, 6) is 0.736. The Morgan fingerprint density at radius 2 is 2.19 bits per heavy atom. The summed E-state index contributed by atoms with van der Waals surface area (Å²) in [6.45, 7) is 1.61.